The highest BCUT2D eigenvalue weighted by Gasteiger charge is 2.24. The SMILES string of the molecule is CCCN1CCC(C(=O)Nc2cccc(-c3cc4ccccc4[nH]3)c2)CC1. The number of fused-ring (bicyclic) bond motifs is 1. The number of aromatic nitrogens is 1. The number of amides is 1. The van der Waals surface area contributed by atoms with Gasteiger partial charge in [0.2, 0.25) is 5.91 Å². The molecule has 4 nitrogen and oxygen atoms in total. The largest absolute Gasteiger partial charge is 0.355 e. The van der Waals surface area contributed by atoms with E-state index in [1.54, 1.807) is 0 Å². The van der Waals surface area contributed by atoms with Gasteiger partial charge in [-0.2, -0.15) is 0 Å². The van der Waals surface area contributed by atoms with E-state index in [0.29, 0.717) is 0 Å². The molecule has 1 aliphatic heterocycles. The van der Waals surface area contributed by atoms with Crippen molar-refractivity contribution in [2.75, 3.05) is 25.0 Å². The van der Waals surface area contributed by atoms with Crippen LogP contribution in [0.2, 0.25) is 0 Å². The molecule has 27 heavy (non-hydrogen) atoms. The van der Waals surface area contributed by atoms with Crippen LogP contribution in [-0.4, -0.2) is 35.4 Å². The van der Waals surface area contributed by atoms with Crippen LogP contribution >= 0.6 is 0 Å². The van der Waals surface area contributed by atoms with Gasteiger partial charge in [0.25, 0.3) is 0 Å². The molecule has 0 bridgehead atoms. The minimum Gasteiger partial charge on any atom is -0.355 e. The molecule has 0 radical (unpaired) electrons. The van der Waals surface area contributed by atoms with Crippen LogP contribution in [0.15, 0.2) is 54.6 Å². The molecule has 0 unspecified atom stereocenters. The molecule has 3 aromatic rings. The quantitative estimate of drug-likeness (QED) is 0.679. The highest BCUT2D eigenvalue weighted by Crippen LogP contribution is 2.27. The predicted molar refractivity (Wildman–Crippen MR) is 112 cm³/mol. The summed E-state index contributed by atoms with van der Waals surface area (Å²) in [5.74, 6) is 0.273. The van der Waals surface area contributed by atoms with Crippen molar-refractivity contribution >= 4 is 22.5 Å². The van der Waals surface area contributed by atoms with Crippen LogP contribution < -0.4 is 5.32 Å². The Morgan fingerprint density at radius 3 is 2.70 bits per heavy atom. The van der Waals surface area contributed by atoms with Gasteiger partial charge < -0.3 is 15.2 Å². The first-order valence-electron chi connectivity index (χ1n) is 9.94. The number of H-pyrrole nitrogens is 1. The molecule has 0 spiro atoms. The number of aromatic amines is 1. The smallest absolute Gasteiger partial charge is 0.227 e. The Bertz CT molecular complexity index is 889. The van der Waals surface area contributed by atoms with Crippen molar-refractivity contribution in [2.45, 2.75) is 26.2 Å². The predicted octanol–water partition coefficient (Wildman–Crippen LogP) is 4.90. The Labute approximate surface area is 160 Å². The first-order valence-corrected chi connectivity index (χ1v) is 9.94. The van der Waals surface area contributed by atoms with Crippen LogP contribution in [0.1, 0.15) is 26.2 Å². The second-order valence-corrected chi connectivity index (χ2v) is 7.46. The molecule has 140 valence electrons. The minimum atomic E-state index is 0.120. The first-order chi connectivity index (χ1) is 13.2. The number of anilines is 1. The van der Waals surface area contributed by atoms with E-state index < -0.39 is 0 Å². The molecule has 0 saturated carbocycles. The Balaban J connectivity index is 1.44. The van der Waals surface area contributed by atoms with Gasteiger partial charge >= 0.3 is 0 Å². The number of hydrogen-bond donors (Lipinski definition) is 2. The molecule has 0 aliphatic carbocycles. The molecule has 1 aromatic heterocycles. The molecule has 2 aromatic carbocycles. The van der Waals surface area contributed by atoms with Gasteiger partial charge in [0.05, 0.1) is 0 Å². The van der Waals surface area contributed by atoms with E-state index in [9.17, 15) is 4.79 Å². The van der Waals surface area contributed by atoms with Crippen LogP contribution in [0.25, 0.3) is 22.2 Å². The van der Waals surface area contributed by atoms with Gasteiger partial charge in [-0.05, 0) is 63.2 Å². The van der Waals surface area contributed by atoms with Gasteiger partial charge in [0, 0.05) is 33.8 Å². The van der Waals surface area contributed by atoms with Crippen LogP contribution in [0.4, 0.5) is 5.69 Å². The maximum absolute atomic E-state index is 12.7. The number of piperidine rings is 1. The van der Waals surface area contributed by atoms with E-state index >= 15 is 0 Å². The van der Waals surface area contributed by atoms with E-state index in [-0.39, 0.29) is 11.8 Å². The van der Waals surface area contributed by atoms with Gasteiger partial charge in [-0.25, -0.2) is 0 Å². The fourth-order valence-corrected chi connectivity index (χ4v) is 3.97. The summed E-state index contributed by atoms with van der Waals surface area (Å²) in [5.41, 5.74) is 4.15. The molecule has 0 atom stereocenters. The zero-order chi connectivity index (χ0) is 18.6. The van der Waals surface area contributed by atoms with Crippen molar-refractivity contribution in [1.29, 1.82) is 0 Å². The third kappa shape index (κ3) is 4.06. The summed E-state index contributed by atoms with van der Waals surface area (Å²) in [5, 5.41) is 4.33. The van der Waals surface area contributed by atoms with Crippen molar-refractivity contribution in [3.63, 3.8) is 0 Å². The van der Waals surface area contributed by atoms with E-state index in [1.165, 1.54) is 11.8 Å². The summed E-state index contributed by atoms with van der Waals surface area (Å²) >= 11 is 0. The number of carbonyl (C=O) groups excluding carboxylic acids is 1. The summed E-state index contributed by atoms with van der Waals surface area (Å²) in [6.45, 7) is 5.40. The topological polar surface area (TPSA) is 48.1 Å². The van der Waals surface area contributed by atoms with Gasteiger partial charge in [0.1, 0.15) is 0 Å². The number of nitrogens with one attached hydrogen (secondary N) is 2. The number of likely N-dealkylation sites (tertiary alicyclic amines) is 1. The van der Waals surface area contributed by atoms with Crippen molar-refractivity contribution in [3.05, 3.63) is 54.6 Å². The van der Waals surface area contributed by atoms with Crippen LogP contribution in [-0.2, 0) is 4.79 Å². The van der Waals surface area contributed by atoms with Crippen LogP contribution in [0.5, 0.6) is 0 Å². The van der Waals surface area contributed by atoms with Crippen molar-refractivity contribution in [1.82, 2.24) is 9.88 Å². The highest BCUT2D eigenvalue weighted by molar-refractivity contribution is 5.93. The number of benzene rings is 2. The maximum atomic E-state index is 12.7. The average molecular weight is 361 g/mol. The van der Waals surface area contributed by atoms with E-state index in [1.807, 2.05) is 24.3 Å². The third-order valence-corrected chi connectivity index (χ3v) is 5.47. The third-order valence-electron chi connectivity index (χ3n) is 5.47. The number of para-hydroxylation sites is 1. The average Bonchev–Trinajstić information content (AvgIpc) is 3.13. The zero-order valence-electron chi connectivity index (χ0n) is 15.9. The molecule has 1 fully saturated rings. The zero-order valence-corrected chi connectivity index (χ0v) is 15.9. The van der Waals surface area contributed by atoms with Crippen molar-refractivity contribution in [3.8, 4) is 11.3 Å². The maximum Gasteiger partial charge on any atom is 0.227 e. The monoisotopic (exact) mass is 361 g/mol. The summed E-state index contributed by atoms with van der Waals surface area (Å²) in [6.07, 6.45) is 3.08. The van der Waals surface area contributed by atoms with Crippen LogP contribution in [0, 0.1) is 5.92 Å². The molecule has 4 heteroatoms. The summed E-state index contributed by atoms with van der Waals surface area (Å²) in [7, 11) is 0. The van der Waals surface area contributed by atoms with E-state index in [2.05, 4.69) is 52.5 Å². The lowest BCUT2D eigenvalue weighted by Gasteiger charge is -2.30. The lowest BCUT2D eigenvalue weighted by Crippen LogP contribution is -2.38. The number of carbonyl (C=O) groups is 1. The lowest BCUT2D eigenvalue weighted by molar-refractivity contribution is -0.121. The van der Waals surface area contributed by atoms with Gasteiger partial charge in [-0.1, -0.05) is 37.3 Å². The fraction of sp³-hybridized carbons (Fsp3) is 0.348. The number of nitrogens with zero attached hydrogens (tertiary/aromatic N) is 1. The standard InChI is InChI=1S/C23H27N3O/c1-2-12-26-13-10-17(11-14-26)23(27)24-20-8-5-7-18(15-20)22-16-19-6-3-4-9-21(19)25-22/h3-9,15-17,25H,2,10-14H2,1H3,(H,24,27). The van der Waals surface area contributed by atoms with Crippen LogP contribution in [0.3, 0.4) is 0 Å². The number of rotatable bonds is 5. The Morgan fingerprint density at radius 2 is 1.93 bits per heavy atom. The summed E-state index contributed by atoms with van der Waals surface area (Å²) in [6, 6.07) is 18.5. The molecule has 1 amide bonds. The van der Waals surface area contributed by atoms with E-state index in [0.717, 1.165) is 54.9 Å². The summed E-state index contributed by atoms with van der Waals surface area (Å²) in [4.78, 5) is 18.6. The second-order valence-electron chi connectivity index (χ2n) is 7.46. The van der Waals surface area contributed by atoms with Gasteiger partial charge in [0.15, 0.2) is 0 Å². The molecule has 1 aliphatic rings. The molecule has 2 N–H and O–H groups in total. The first kappa shape index (κ1) is 17.8. The normalized spacial score (nSPS) is 15.9. The van der Waals surface area contributed by atoms with Crippen molar-refractivity contribution < 1.29 is 4.79 Å². The lowest BCUT2D eigenvalue weighted by atomic mass is 9.95. The Morgan fingerprint density at radius 1 is 1.11 bits per heavy atom. The molecule has 1 saturated heterocycles. The second kappa shape index (κ2) is 7.97. The highest BCUT2D eigenvalue weighted by atomic mass is 16.1. The Hall–Kier alpha value is -2.59. The molecular weight excluding hydrogens is 334 g/mol. The molecule has 4 rings (SSSR count). The van der Waals surface area contributed by atoms with Gasteiger partial charge in [-0.15, -0.1) is 0 Å². The number of hydrogen-bond acceptors (Lipinski definition) is 2. The minimum absolute atomic E-state index is 0.120. The molecule has 2 heterocycles. The Kier molecular flexibility index (Phi) is 5.26. The van der Waals surface area contributed by atoms with E-state index in [4.69, 9.17) is 0 Å². The molecular formula is C23H27N3O. The fourth-order valence-electron chi connectivity index (χ4n) is 3.97. The van der Waals surface area contributed by atoms with Gasteiger partial charge in [-0.3, -0.25) is 4.79 Å². The van der Waals surface area contributed by atoms with Crippen molar-refractivity contribution in [2.24, 2.45) is 5.92 Å². The summed E-state index contributed by atoms with van der Waals surface area (Å²) < 4.78 is 0.